The molecule has 0 aliphatic carbocycles. The first-order valence-corrected chi connectivity index (χ1v) is 9.65. The number of nitrogens with one attached hydrogen (secondary N) is 1. The van der Waals surface area contributed by atoms with Gasteiger partial charge in [0.1, 0.15) is 5.82 Å². The van der Waals surface area contributed by atoms with E-state index in [0.717, 1.165) is 37.1 Å². The predicted molar refractivity (Wildman–Crippen MR) is 103 cm³/mol. The third kappa shape index (κ3) is 3.38. The van der Waals surface area contributed by atoms with Crippen LogP contribution in [-0.4, -0.2) is 64.3 Å². The largest absolute Gasteiger partial charge is 0.363 e. The molecule has 7 heteroatoms. The highest BCUT2D eigenvalue weighted by atomic mass is 19.1. The van der Waals surface area contributed by atoms with Gasteiger partial charge in [0, 0.05) is 50.0 Å². The van der Waals surface area contributed by atoms with Crippen molar-refractivity contribution in [3.05, 3.63) is 36.4 Å². The van der Waals surface area contributed by atoms with E-state index in [1.165, 1.54) is 0 Å². The molecule has 1 aromatic heterocycles. The normalized spacial score (nSPS) is 23.1. The first-order chi connectivity index (χ1) is 13.0. The molecule has 6 nitrogen and oxygen atoms in total. The molecule has 4 rings (SSSR count). The lowest BCUT2D eigenvalue weighted by Crippen LogP contribution is -2.60. The molecule has 2 amide bonds. The van der Waals surface area contributed by atoms with Gasteiger partial charge >= 0.3 is 6.03 Å². The molecule has 3 heterocycles. The van der Waals surface area contributed by atoms with Crippen LogP contribution in [0.5, 0.6) is 0 Å². The molecule has 2 fully saturated rings. The number of likely N-dealkylation sites (tertiary alicyclic amines) is 1. The fraction of sp³-hybridized carbons (Fsp3) is 0.500. The topological polar surface area (TPSA) is 55.5 Å². The summed E-state index contributed by atoms with van der Waals surface area (Å²) >= 11 is 0. The van der Waals surface area contributed by atoms with Crippen molar-refractivity contribution in [1.82, 2.24) is 20.0 Å². The van der Waals surface area contributed by atoms with Crippen LogP contribution in [0.15, 0.2) is 30.6 Å². The summed E-state index contributed by atoms with van der Waals surface area (Å²) in [5.74, 6) is -0.243. The van der Waals surface area contributed by atoms with Crippen LogP contribution >= 0.6 is 0 Å². The van der Waals surface area contributed by atoms with E-state index >= 15 is 0 Å². The fourth-order valence-electron chi connectivity index (χ4n) is 4.15. The molecule has 2 aromatic rings. The Balaban J connectivity index is 1.51. The highest BCUT2D eigenvalue weighted by Crippen LogP contribution is 2.30. The summed E-state index contributed by atoms with van der Waals surface area (Å²) in [5, 5.41) is 6.67. The molecular weight excluding hydrogens is 345 g/mol. The van der Waals surface area contributed by atoms with Crippen molar-refractivity contribution in [2.24, 2.45) is 0 Å². The summed E-state index contributed by atoms with van der Waals surface area (Å²) in [6.07, 6.45) is 5.61. The summed E-state index contributed by atoms with van der Waals surface area (Å²) < 4.78 is 14.9. The van der Waals surface area contributed by atoms with Crippen molar-refractivity contribution in [2.75, 3.05) is 31.1 Å². The highest BCUT2D eigenvalue weighted by Gasteiger charge is 2.35. The second kappa shape index (κ2) is 7.21. The van der Waals surface area contributed by atoms with E-state index in [9.17, 15) is 9.18 Å². The summed E-state index contributed by atoms with van der Waals surface area (Å²) in [6.45, 7) is 7.04. The molecule has 2 aliphatic rings. The molecule has 2 saturated heterocycles. The quantitative estimate of drug-likeness (QED) is 0.881. The third-order valence-corrected chi connectivity index (χ3v) is 5.70. The SMILES string of the molecule is C[C@@H]1CN(c2ccc(-c3cn[nH]c3)cc2F)[C@@H](C)CN1C(=O)N1CCCC1. The smallest absolute Gasteiger partial charge is 0.320 e. The molecule has 2 aliphatic heterocycles. The average molecular weight is 371 g/mol. The van der Waals surface area contributed by atoms with Crippen LogP contribution in [0.1, 0.15) is 26.7 Å². The Hall–Kier alpha value is -2.57. The van der Waals surface area contributed by atoms with Gasteiger partial charge < -0.3 is 14.7 Å². The number of carbonyl (C=O) groups is 1. The Labute approximate surface area is 158 Å². The van der Waals surface area contributed by atoms with Crippen molar-refractivity contribution in [3.63, 3.8) is 0 Å². The van der Waals surface area contributed by atoms with Gasteiger partial charge in [0.15, 0.2) is 0 Å². The zero-order valence-corrected chi connectivity index (χ0v) is 15.9. The number of rotatable bonds is 2. The van der Waals surface area contributed by atoms with Gasteiger partial charge in [-0.2, -0.15) is 5.10 Å². The van der Waals surface area contributed by atoms with Crippen LogP contribution < -0.4 is 4.90 Å². The van der Waals surface area contributed by atoms with Crippen molar-refractivity contribution < 1.29 is 9.18 Å². The fourth-order valence-corrected chi connectivity index (χ4v) is 4.15. The Morgan fingerprint density at radius 1 is 1.15 bits per heavy atom. The van der Waals surface area contributed by atoms with E-state index in [1.54, 1.807) is 18.5 Å². The van der Waals surface area contributed by atoms with Crippen LogP contribution in [0.4, 0.5) is 14.9 Å². The average Bonchev–Trinajstić information content (AvgIpc) is 3.37. The standard InChI is InChI=1S/C20H26FN5O/c1-14-13-26(20(27)24-7-3-4-8-24)15(2)12-25(14)19-6-5-16(9-18(19)21)17-10-22-23-11-17/h5-6,9-11,14-15H,3-4,7-8,12-13H2,1-2H3,(H,22,23)/t14-,15+/m0/s1. The summed E-state index contributed by atoms with van der Waals surface area (Å²) in [4.78, 5) is 18.8. The number of hydrogen-bond donors (Lipinski definition) is 1. The van der Waals surface area contributed by atoms with Crippen LogP contribution in [0.25, 0.3) is 11.1 Å². The monoisotopic (exact) mass is 371 g/mol. The van der Waals surface area contributed by atoms with Crippen LogP contribution in [0.3, 0.4) is 0 Å². The number of carbonyl (C=O) groups excluding carboxylic acids is 1. The number of anilines is 1. The van der Waals surface area contributed by atoms with Gasteiger partial charge in [0.25, 0.3) is 0 Å². The van der Waals surface area contributed by atoms with E-state index in [-0.39, 0.29) is 23.9 Å². The number of aromatic nitrogens is 2. The number of aromatic amines is 1. The first kappa shape index (κ1) is 17.8. The number of piperazine rings is 1. The second-order valence-electron chi connectivity index (χ2n) is 7.63. The van der Waals surface area contributed by atoms with Gasteiger partial charge in [-0.05, 0) is 44.4 Å². The number of halogens is 1. The Morgan fingerprint density at radius 3 is 2.59 bits per heavy atom. The Kier molecular flexibility index (Phi) is 4.76. The van der Waals surface area contributed by atoms with Gasteiger partial charge in [-0.25, -0.2) is 9.18 Å². The van der Waals surface area contributed by atoms with Gasteiger partial charge in [0.2, 0.25) is 0 Å². The van der Waals surface area contributed by atoms with Gasteiger partial charge in [-0.15, -0.1) is 0 Å². The minimum atomic E-state index is -0.243. The molecule has 27 heavy (non-hydrogen) atoms. The number of nitrogens with zero attached hydrogens (tertiary/aromatic N) is 4. The summed E-state index contributed by atoms with van der Waals surface area (Å²) in [6, 6.07) is 5.53. The van der Waals surface area contributed by atoms with Crippen molar-refractivity contribution in [3.8, 4) is 11.1 Å². The van der Waals surface area contributed by atoms with E-state index < -0.39 is 0 Å². The van der Waals surface area contributed by atoms with Crippen molar-refractivity contribution in [2.45, 2.75) is 38.8 Å². The molecule has 0 unspecified atom stereocenters. The maximum atomic E-state index is 14.9. The maximum absolute atomic E-state index is 14.9. The number of hydrogen-bond acceptors (Lipinski definition) is 3. The van der Waals surface area contributed by atoms with Crippen LogP contribution in [-0.2, 0) is 0 Å². The summed E-state index contributed by atoms with van der Waals surface area (Å²) in [5.41, 5.74) is 2.26. The lowest BCUT2D eigenvalue weighted by molar-refractivity contribution is 0.130. The second-order valence-corrected chi connectivity index (χ2v) is 7.63. The minimum absolute atomic E-state index is 0.0438. The predicted octanol–water partition coefficient (Wildman–Crippen LogP) is 3.33. The molecule has 1 N–H and O–H groups in total. The maximum Gasteiger partial charge on any atom is 0.320 e. The van der Waals surface area contributed by atoms with Gasteiger partial charge in [0.05, 0.1) is 11.9 Å². The van der Waals surface area contributed by atoms with Gasteiger partial charge in [-0.1, -0.05) is 6.07 Å². The zero-order chi connectivity index (χ0) is 19.0. The molecule has 144 valence electrons. The van der Waals surface area contributed by atoms with E-state index in [2.05, 4.69) is 22.0 Å². The van der Waals surface area contributed by atoms with E-state index in [1.807, 2.05) is 28.9 Å². The third-order valence-electron chi connectivity index (χ3n) is 5.70. The number of amides is 2. The van der Waals surface area contributed by atoms with E-state index in [4.69, 9.17) is 0 Å². The Morgan fingerprint density at radius 2 is 1.93 bits per heavy atom. The number of urea groups is 1. The molecule has 0 radical (unpaired) electrons. The number of H-pyrrole nitrogens is 1. The molecule has 2 atom stereocenters. The van der Waals surface area contributed by atoms with Crippen molar-refractivity contribution >= 4 is 11.7 Å². The number of benzene rings is 1. The molecule has 0 saturated carbocycles. The van der Waals surface area contributed by atoms with E-state index in [0.29, 0.717) is 18.8 Å². The molecular formula is C20H26FN5O. The molecule has 0 bridgehead atoms. The Bertz CT molecular complexity index is 803. The van der Waals surface area contributed by atoms with Crippen LogP contribution in [0, 0.1) is 5.82 Å². The summed E-state index contributed by atoms with van der Waals surface area (Å²) in [7, 11) is 0. The lowest BCUT2D eigenvalue weighted by atomic mass is 10.0. The first-order valence-electron chi connectivity index (χ1n) is 9.65. The van der Waals surface area contributed by atoms with Gasteiger partial charge in [-0.3, -0.25) is 5.10 Å². The lowest BCUT2D eigenvalue weighted by Gasteiger charge is -2.46. The zero-order valence-electron chi connectivity index (χ0n) is 15.9. The highest BCUT2D eigenvalue weighted by molar-refractivity contribution is 5.76. The minimum Gasteiger partial charge on any atom is -0.363 e. The van der Waals surface area contributed by atoms with Crippen molar-refractivity contribution in [1.29, 1.82) is 0 Å². The van der Waals surface area contributed by atoms with Crippen LogP contribution in [0.2, 0.25) is 0 Å². The molecule has 0 spiro atoms. The molecule has 1 aromatic carbocycles.